The van der Waals surface area contributed by atoms with Crippen LogP contribution in [0, 0.1) is 34.5 Å². The average Bonchev–Trinajstić information content (AvgIpc) is 3.21. The highest BCUT2D eigenvalue weighted by Crippen LogP contribution is 2.69. The molecule has 5 aliphatic rings. The fourth-order valence-electron chi connectivity index (χ4n) is 8.01. The summed E-state index contributed by atoms with van der Waals surface area (Å²) in [5, 5.41) is 21.4. The first-order chi connectivity index (χ1) is 14.6. The molecule has 4 fully saturated rings. The molecule has 0 radical (unpaired) electrons. The van der Waals surface area contributed by atoms with Crippen molar-refractivity contribution in [2.24, 2.45) is 34.5 Å². The highest BCUT2D eigenvalue weighted by molar-refractivity contribution is 6.01. The second kappa shape index (κ2) is 6.83. The van der Waals surface area contributed by atoms with Crippen molar-refractivity contribution in [1.29, 1.82) is 0 Å². The lowest BCUT2D eigenvalue weighted by Gasteiger charge is -2.59. The molecule has 1 saturated heterocycles. The quantitative estimate of drug-likeness (QED) is 0.715. The van der Waals surface area contributed by atoms with Crippen molar-refractivity contribution < 1.29 is 29.3 Å². The van der Waals surface area contributed by atoms with Gasteiger partial charge in [0, 0.05) is 22.7 Å². The smallest absolute Gasteiger partial charge is 0.193 e. The Kier molecular flexibility index (Phi) is 4.74. The molecule has 9 atom stereocenters. The van der Waals surface area contributed by atoms with Gasteiger partial charge in [0.2, 0.25) is 0 Å². The monoisotopic (exact) mass is 430 g/mol. The van der Waals surface area contributed by atoms with Crippen molar-refractivity contribution in [3.8, 4) is 0 Å². The SMILES string of the molecule is CC(C)C1O[C@@H]2C[C@H]3[C@@H]4CCC5=CC(=O)C=C[C@]5(C)[C@H]4[C@@H](O)C[C@]3(C)[C@]2(C(=O)CO)O1. The van der Waals surface area contributed by atoms with Gasteiger partial charge in [0.1, 0.15) is 6.61 Å². The van der Waals surface area contributed by atoms with Crippen molar-refractivity contribution in [1.82, 2.24) is 0 Å². The molecule has 0 aromatic rings. The standard InChI is InChI=1S/C25H34O6/c1-13(2)22-30-20-10-17-16-6-5-14-9-15(27)7-8-23(14,3)21(16)18(28)11-24(17,4)25(20,31-22)19(29)12-26/h7-9,13,16-18,20-22,26,28H,5-6,10-12H2,1-4H3/t16-,17-,18-,20+,21+,22?,23-,24-,25+/m0/s1. The van der Waals surface area contributed by atoms with Crippen LogP contribution in [0.4, 0.5) is 0 Å². The Balaban J connectivity index is 1.57. The molecule has 4 aliphatic carbocycles. The number of carbonyl (C=O) groups is 2. The topological polar surface area (TPSA) is 93.1 Å². The van der Waals surface area contributed by atoms with Gasteiger partial charge in [-0.2, -0.15) is 0 Å². The number of hydrogen-bond acceptors (Lipinski definition) is 6. The lowest BCUT2D eigenvalue weighted by molar-refractivity contribution is -0.205. The Labute approximate surface area is 183 Å². The van der Waals surface area contributed by atoms with Gasteiger partial charge in [0.05, 0.1) is 12.2 Å². The van der Waals surface area contributed by atoms with Crippen LogP contribution >= 0.6 is 0 Å². The second-order valence-electron chi connectivity index (χ2n) is 11.1. The molecule has 6 heteroatoms. The number of ether oxygens (including phenoxy) is 2. The molecule has 3 saturated carbocycles. The number of aliphatic hydroxyl groups is 2. The van der Waals surface area contributed by atoms with E-state index in [-0.39, 0.29) is 40.7 Å². The van der Waals surface area contributed by atoms with Crippen LogP contribution in [0.15, 0.2) is 23.8 Å². The van der Waals surface area contributed by atoms with E-state index in [4.69, 9.17) is 9.47 Å². The van der Waals surface area contributed by atoms with Crippen LogP contribution < -0.4 is 0 Å². The van der Waals surface area contributed by atoms with Crippen molar-refractivity contribution in [3.63, 3.8) is 0 Å². The van der Waals surface area contributed by atoms with Gasteiger partial charge >= 0.3 is 0 Å². The zero-order valence-electron chi connectivity index (χ0n) is 18.8. The molecule has 1 heterocycles. The van der Waals surface area contributed by atoms with E-state index in [2.05, 4.69) is 13.8 Å². The van der Waals surface area contributed by atoms with E-state index < -0.39 is 36.1 Å². The lowest BCUT2D eigenvalue weighted by Crippen LogP contribution is -2.63. The zero-order valence-corrected chi connectivity index (χ0v) is 18.8. The molecule has 0 amide bonds. The van der Waals surface area contributed by atoms with Gasteiger partial charge in [0.15, 0.2) is 23.5 Å². The van der Waals surface area contributed by atoms with Gasteiger partial charge in [-0.3, -0.25) is 9.59 Å². The summed E-state index contributed by atoms with van der Waals surface area (Å²) in [7, 11) is 0. The predicted octanol–water partition coefficient (Wildman–Crippen LogP) is 2.57. The summed E-state index contributed by atoms with van der Waals surface area (Å²) >= 11 is 0. The fraction of sp³-hybridized carbons (Fsp3) is 0.760. The average molecular weight is 431 g/mol. The Morgan fingerprint density at radius 2 is 2.06 bits per heavy atom. The highest BCUT2D eigenvalue weighted by Gasteiger charge is 2.75. The predicted molar refractivity (Wildman–Crippen MR) is 113 cm³/mol. The first kappa shape index (κ1) is 21.5. The molecule has 6 nitrogen and oxygen atoms in total. The van der Waals surface area contributed by atoms with Crippen LogP contribution in [-0.2, 0) is 19.1 Å². The fourth-order valence-corrected chi connectivity index (χ4v) is 8.01. The molecule has 0 spiro atoms. The molecular formula is C25H34O6. The van der Waals surface area contributed by atoms with E-state index in [1.807, 2.05) is 19.9 Å². The number of Topliss-reactive ketones (excluding diaryl/α,β-unsaturated/α-hetero) is 1. The number of allylic oxidation sites excluding steroid dienone is 4. The first-order valence-electron chi connectivity index (χ1n) is 11.7. The van der Waals surface area contributed by atoms with E-state index in [0.717, 1.165) is 18.4 Å². The summed E-state index contributed by atoms with van der Waals surface area (Å²) in [5.41, 5.74) is -1.09. The van der Waals surface area contributed by atoms with Gasteiger partial charge in [-0.1, -0.05) is 39.3 Å². The third-order valence-corrected chi connectivity index (χ3v) is 9.36. The Bertz CT molecular complexity index is 875. The van der Waals surface area contributed by atoms with Crippen molar-refractivity contribution in [2.75, 3.05) is 6.61 Å². The molecule has 5 rings (SSSR count). The lowest BCUT2D eigenvalue weighted by atomic mass is 9.46. The number of fused-ring (bicyclic) bond motifs is 7. The van der Waals surface area contributed by atoms with Crippen LogP contribution in [0.2, 0.25) is 0 Å². The number of hydrogen-bond donors (Lipinski definition) is 2. The van der Waals surface area contributed by atoms with Gasteiger partial charge in [0.25, 0.3) is 0 Å². The minimum absolute atomic E-state index is 0.0177. The van der Waals surface area contributed by atoms with Gasteiger partial charge in [-0.15, -0.1) is 0 Å². The summed E-state index contributed by atoms with van der Waals surface area (Å²) in [6.07, 6.45) is 6.62. The maximum Gasteiger partial charge on any atom is 0.193 e. The molecular weight excluding hydrogens is 396 g/mol. The minimum Gasteiger partial charge on any atom is -0.393 e. The summed E-state index contributed by atoms with van der Waals surface area (Å²) in [5.74, 6) is 0.0818. The van der Waals surface area contributed by atoms with Gasteiger partial charge < -0.3 is 19.7 Å². The summed E-state index contributed by atoms with van der Waals surface area (Å²) in [6.45, 7) is 7.61. The van der Waals surface area contributed by atoms with E-state index in [9.17, 15) is 19.8 Å². The number of ketones is 2. The highest BCUT2D eigenvalue weighted by atomic mass is 16.7. The summed E-state index contributed by atoms with van der Waals surface area (Å²) < 4.78 is 12.7. The van der Waals surface area contributed by atoms with Crippen LogP contribution in [0.3, 0.4) is 0 Å². The summed E-state index contributed by atoms with van der Waals surface area (Å²) in [6, 6.07) is 0. The number of rotatable bonds is 3. The zero-order chi connectivity index (χ0) is 22.3. The molecule has 31 heavy (non-hydrogen) atoms. The van der Waals surface area contributed by atoms with E-state index in [1.54, 1.807) is 12.2 Å². The molecule has 1 unspecified atom stereocenters. The molecule has 2 N–H and O–H groups in total. The Hall–Kier alpha value is -1.34. The number of carbonyl (C=O) groups excluding carboxylic acids is 2. The number of aliphatic hydroxyl groups excluding tert-OH is 2. The third kappa shape index (κ3) is 2.59. The van der Waals surface area contributed by atoms with Crippen molar-refractivity contribution in [2.45, 2.75) is 77.5 Å². The van der Waals surface area contributed by atoms with Crippen molar-refractivity contribution in [3.05, 3.63) is 23.8 Å². The molecule has 0 aromatic carbocycles. The van der Waals surface area contributed by atoms with Crippen LogP contribution in [0.25, 0.3) is 0 Å². The maximum atomic E-state index is 13.2. The van der Waals surface area contributed by atoms with E-state index in [0.29, 0.717) is 12.8 Å². The Morgan fingerprint density at radius 3 is 2.74 bits per heavy atom. The molecule has 170 valence electrons. The molecule has 0 bridgehead atoms. The first-order valence-corrected chi connectivity index (χ1v) is 11.7. The Morgan fingerprint density at radius 1 is 1.32 bits per heavy atom. The molecule has 0 aromatic heterocycles. The third-order valence-electron chi connectivity index (χ3n) is 9.36. The van der Waals surface area contributed by atoms with Gasteiger partial charge in [-0.05, 0) is 49.7 Å². The maximum absolute atomic E-state index is 13.2. The van der Waals surface area contributed by atoms with Crippen LogP contribution in [0.5, 0.6) is 0 Å². The van der Waals surface area contributed by atoms with Gasteiger partial charge in [-0.25, -0.2) is 0 Å². The normalized spacial score (nSPS) is 50.5. The van der Waals surface area contributed by atoms with Crippen LogP contribution in [-0.4, -0.2) is 52.5 Å². The second-order valence-corrected chi connectivity index (χ2v) is 11.1. The minimum atomic E-state index is -1.22. The van der Waals surface area contributed by atoms with E-state index >= 15 is 0 Å². The largest absolute Gasteiger partial charge is 0.393 e. The van der Waals surface area contributed by atoms with E-state index in [1.165, 1.54) is 0 Å². The van der Waals surface area contributed by atoms with Crippen LogP contribution in [0.1, 0.15) is 53.4 Å². The van der Waals surface area contributed by atoms with Crippen molar-refractivity contribution >= 4 is 11.6 Å². The molecule has 1 aliphatic heterocycles. The summed E-state index contributed by atoms with van der Waals surface area (Å²) in [4.78, 5) is 25.2.